The zero-order valence-corrected chi connectivity index (χ0v) is 47.4. The maximum Gasteiger partial charge on any atom is 0.481 e. The maximum absolute atomic E-state index is 12.8. The van der Waals surface area contributed by atoms with E-state index in [4.69, 9.17) is 19.5 Å². The Hall–Kier alpha value is -2.97. The number of ether oxygens (including phenoxy) is 1. The predicted octanol–water partition coefficient (Wildman–Crippen LogP) is 6.58. The van der Waals surface area contributed by atoms with Gasteiger partial charge < -0.3 is 56.0 Å². The van der Waals surface area contributed by atoms with Gasteiger partial charge in [-0.2, -0.15) is 4.31 Å². The molecule has 0 saturated carbocycles. The zero-order chi connectivity index (χ0) is 56.4. The molecule has 1 saturated heterocycles. The van der Waals surface area contributed by atoms with Crippen molar-refractivity contribution in [3.05, 3.63) is 12.7 Å². The lowest BCUT2D eigenvalue weighted by atomic mass is 9.87. The van der Waals surface area contributed by atoms with Crippen LogP contribution in [-0.2, 0) is 55.5 Å². The van der Waals surface area contributed by atoms with Gasteiger partial charge in [0.05, 0.1) is 19.5 Å². The Balaban J connectivity index is 1.27. The number of carbonyl (C=O) groups is 4. The minimum atomic E-state index is -5.61. The molecule has 0 aromatic carbocycles. The van der Waals surface area contributed by atoms with Crippen molar-refractivity contribution in [2.24, 2.45) is 11.3 Å². The minimum absolute atomic E-state index is 0.0216. The second kappa shape index (κ2) is 34.2. The second-order valence-electron chi connectivity index (χ2n) is 19.6. The highest BCUT2D eigenvalue weighted by molar-refractivity contribution is 8.13. The van der Waals surface area contributed by atoms with Gasteiger partial charge in [-0.3, -0.25) is 37.3 Å². The summed E-state index contributed by atoms with van der Waals surface area (Å²) in [4.78, 5) is 101. The summed E-state index contributed by atoms with van der Waals surface area (Å²) in [6.07, 6.45) is 17.8. The normalized spacial score (nSPS) is 19.5. The first-order valence-corrected chi connectivity index (χ1v) is 31.7. The third-order valence-corrected chi connectivity index (χ3v) is 16.8. The maximum atomic E-state index is 12.8. The number of hydrogen-bond donors (Lipinski definition) is 10. The number of aliphatic carboxylic acids is 1. The number of carboxylic acids is 1. The molecule has 0 spiro atoms. The van der Waals surface area contributed by atoms with Gasteiger partial charge in [0.2, 0.25) is 16.9 Å². The van der Waals surface area contributed by atoms with Gasteiger partial charge in [-0.15, -0.1) is 0 Å². The number of rotatable bonds is 42. The lowest BCUT2D eigenvalue weighted by Gasteiger charge is -2.30. The number of anilines is 1. The molecule has 0 radical (unpaired) electrons. The molecule has 0 bridgehead atoms. The van der Waals surface area contributed by atoms with E-state index in [1.165, 1.54) is 110 Å². The van der Waals surface area contributed by atoms with Gasteiger partial charge in [0, 0.05) is 30.7 Å². The largest absolute Gasteiger partial charge is 0.481 e. The van der Waals surface area contributed by atoms with Crippen molar-refractivity contribution >= 4 is 75.1 Å². The van der Waals surface area contributed by atoms with E-state index in [1.54, 1.807) is 0 Å². The molecule has 2 aromatic rings. The van der Waals surface area contributed by atoms with Crippen molar-refractivity contribution in [1.29, 1.82) is 0 Å². The molecular weight excluding hydrogens is 1080 g/mol. The number of amides is 2. The fourth-order valence-corrected chi connectivity index (χ4v) is 12.0. The Morgan fingerprint density at radius 3 is 1.88 bits per heavy atom. The molecule has 8 atom stereocenters. The highest BCUT2D eigenvalue weighted by Crippen LogP contribution is 2.61. The van der Waals surface area contributed by atoms with E-state index in [9.17, 15) is 67.8 Å². The van der Waals surface area contributed by atoms with Crippen molar-refractivity contribution in [2.45, 2.75) is 193 Å². The van der Waals surface area contributed by atoms with Crippen LogP contribution in [0, 0.1) is 11.3 Å². The minimum Gasteiger partial charge on any atom is -0.481 e. The number of nitrogens with one attached hydrogen (secondary N) is 2. The standard InChI is InChI=1S/C46H82N7O19P3S/c1-4-5-6-7-8-9-10-11-12-13-14-15-16-17-18-19-20-21-22-23-24-33(44(58)59)45(60)76-28-27-48-35(54)25-26-49-42(57)39(56)46(2,3)30-69-75(66,67)72-74(64,65)68-29-34-38(71-73(61,62)63)37(55)43(70-34)53-32-52-36-40(47)50-31-51-41(36)53/h31-34,37-39,43,55-56H,4-30H2,1-3H3,(H,48,54)(H,49,57)(H,58,59)(H,64,65)(H,66,67)(H2,47,50,51)(H2,61,62,63)/t33?,34-,37-,38-,39+,43-/m1/s1. The number of carboxylic acid groups (broad SMARTS) is 1. The van der Waals surface area contributed by atoms with Gasteiger partial charge >= 0.3 is 29.4 Å². The van der Waals surface area contributed by atoms with E-state index < -0.39 is 102 Å². The first-order valence-electron chi connectivity index (χ1n) is 26.2. The molecule has 11 N–H and O–H groups in total. The van der Waals surface area contributed by atoms with Crippen molar-refractivity contribution < 1.29 is 90.4 Å². The molecule has 1 aliphatic rings. The third kappa shape index (κ3) is 25.4. The van der Waals surface area contributed by atoms with Crippen molar-refractivity contribution in [2.75, 3.05) is 37.8 Å². The summed E-state index contributed by atoms with van der Waals surface area (Å²) in [5.74, 6) is -3.80. The number of unbranched alkanes of at least 4 members (excludes halogenated alkanes) is 19. The lowest BCUT2D eigenvalue weighted by molar-refractivity contribution is -0.144. The molecule has 26 nitrogen and oxygen atoms in total. The van der Waals surface area contributed by atoms with Crippen LogP contribution in [0.1, 0.15) is 168 Å². The number of thioether (sulfide) groups is 1. The molecule has 76 heavy (non-hydrogen) atoms. The summed E-state index contributed by atoms with van der Waals surface area (Å²) < 4.78 is 62.5. The fourth-order valence-electron chi connectivity index (χ4n) is 8.33. The molecular formula is C46H82N7O19P3S. The highest BCUT2D eigenvalue weighted by Gasteiger charge is 2.50. The zero-order valence-electron chi connectivity index (χ0n) is 43.9. The molecule has 1 aliphatic heterocycles. The molecule has 30 heteroatoms. The molecule has 3 heterocycles. The van der Waals surface area contributed by atoms with Crippen LogP contribution in [0.15, 0.2) is 12.7 Å². The van der Waals surface area contributed by atoms with Crippen LogP contribution >= 0.6 is 35.2 Å². The number of fused-ring (bicyclic) bond motifs is 1. The first-order chi connectivity index (χ1) is 35.9. The lowest BCUT2D eigenvalue weighted by Crippen LogP contribution is -2.46. The highest BCUT2D eigenvalue weighted by atomic mass is 32.2. The second-order valence-corrected chi connectivity index (χ2v) is 25.0. The number of nitrogen functional groups attached to an aromatic ring is 1. The Bertz CT molecular complexity index is 2240. The summed E-state index contributed by atoms with van der Waals surface area (Å²) in [5.41, 5.74) is 4.22. The van der Waals surface area contributed by atoms with Crippen LogP contribution in [0.2, 0.25) is 0 Å². The number of phosphoric ester groups is 3. The van der Waals surface area contributed by atoms with Gasteiger partial charge in [0.15, 0.2) is 17.7 Å². The summed E-state index contributed by atoms with van der Waals surface area (Å²) in [5, 5.41) is 35.7. The number of nitrogens with zero attached hydrogens (tertiary/aromatic N) is 4. The van der Waals surface area contributed by atoms with E-state index in [-0.39, 0.29) is 48.7 Å². The van der Waals surface area contributed by atoms with Crippen molar-refractivity contribution in [1.82, 2.24) is 30.2 Å². The number of hydrogen-bond acceptors (Lipinski definition) is 19. The van der Waals surface area contributed by atoms with Crippen LogP contribution in [0.5, 0.6) is 0 Å². The van der Waals surface area contributed by atoms with Crippen LogP contribution in [0.25, 0.3) is 11.2 Å². The topological polar surface area (TPSA) is 401 Å². The van der Waals surface area contributed by atoms with E-state index in [0.29, 0.717) is 6.42 Å². The number of aliphatic hydroxyl groups excluding tert-OH is 2. The molecule has 2 aromatic heterocycles. The molecule has 3 unspecified atom stereocenters. The van der Waals surface area contributed by atoms with Gasteiger partial charge in [-0.25, -0.2) is 28.6 Å². The molecule has 3 rings (SSSR count). The van der Waals surface area contributed by atoms with Crippen molar-refractivity contribution in [3.8, 4) is 0 Å². The number of nitrogens with two attached hydrogens (primary N) is 1. The van der Waals surface area contributed by atoms with Crippen molar-refractivity contribution in [3.63, 3.8) is 0 Å². The summed E-state index contributed by atoms with van der Waals surface area (Å²) >= 11 is 0.817. The summed E-state index contributed by atoms with van der Waals surface area (Å²) in [6, 6.07) is 0. The summed E-state index contributed by atoms with van der Waals surface area (Å²) in [7, 11) is -16.5. The number of phosphoric acid groups is 3. The Morgan fingerprint density at radius 1 is 0.803 bits per heavy atom. The number of aliphatic hydroxyl groups is 2. The molecule has 0 aliphatic carbocycles. The van der Waals surface area contributed by atoms with E-state index in [2.05, 4.69) is 41.3 Å². The number of imidazole rings is 1. The van der Waals surface area contributed by atoms with Crippen LogP contribution in [0.3, 0.4) is 0 Å². The van der Waals surface area contributed by atoms with Crippen LogP contribution in [0.4, 0.5) is 5.82 Å². The summed E-state index contributed by atoms with van der Waals surface area (Å²) in [6.45, 7) is 2.43. The van der Waals surface area contributed by atoms with Crippen LogP contribution < -0.4 is 16.4 Å². The quantitative estimate of drug-likeness (QED) is 0.0191. The van der Waals surface area contributed by atoms with E-state index >= 15 is 0 Å². The van der Waals surface area contributed by atoms with Gasteiger partial charge in [-0.05, 0) is 6.42 Å². The SMILES string of the molecule is CCCCCCCCCCCCCCCCCCCCCCC(C(=O)O)C(=O)SCCNC(=O)CCNC(=O)[C@H](O)C(C)(C)COP(=O)(O)OP(=O)(O)OC[C@H]1O[C@@H](n2cnc3c(N)ncnc32)[C@H](O)[C@@H]1OP(=O)(O)O. The third-order valence-electron chi connectivity index (χ3n) is 12.7. The van der Waals surface area contributed by atoms with Gasteiger partial charge in [0.25, 0.3) is 0 Å². The first kappa shape index (κ1) is 67.3. The van der Waals surface area contributed by atoms with E-state index in [0.717, 1.165) is 54.7 Å². The average molecular weight is 1160 g/mol. The average Bonchev–Trinajstić information content (AvgIpc) is 3.91. The van der Waals surface area contributed by atoms with Gasteiger partial charge in [0.1, 0.15) is 42.2 Å². The number of carbonyl (C=O) groups excluding carboxylic acids is 3. The Kier molecular flexibility index (Phi) is 30.3. The Morgan fingerprint density at radius 2 is 1.34 bits per heavy atom. The fraction of sp³-hybridized carbons (Fsp3) is 0.804. The molecule has 1 fully saturated rings. The smallest absolute Gasteiger partial charge is 0.481 e. The Labute approximate surface area is 448 Å². The van der Waals surface area contributed by atoms with Crippen LogP contribution in [-0.4, -0.2) is 134 Å². The van der Waals surface area contributed by atoms with Gasteiger partial charge in [-0.1, -0.05) is 161 Å². The monoisotopic (exact) mass is 1160 g/mol. The number of aromatic nitrogens is 4. The molecule has 2 amide bonds. The predicted molar refractivity (Wildman–Crippen MR) is 281 cm³/mol. The molecule has 436 valence electrons. The van der Waals surface area contributed by atoms with E-state index in [1.807, 2.05) is 0 Å².